The summed E-state index contributed by atoms with van der Waals surface area (Å²) in [7, 11) is 0. The largest absolute Gasteiger partial charge is 0.334 e. The summed E-state index contributed by atoms with van der Waals surface area (Å²) in [6, 6.07) is 5.73. The number of anilines is 1. The van der Waals surface area contributed by atoms with E-state index in [1.165, 1.54) is 12.1 Å². The standard InChI is InChI=1S/C14H20FN3O/c1-2-8-18-9-7-13(10-18)17-14(19)16-12-5-3-11(15)4-6-12/h3-6,13H,2,7-10H2,1H3,(H2,16,17,19)/t13-/m0/s1. The number of carbonyl (C=O) groups excluding carboxylic acids is 1. The summed E-state index contributed by atoms with van der Waals surface area (Å²) in [5, 5.41) is 5.65. The van der Waals surface area contributed by atoms with Gasteiger partial charge in [0, 0.05) is 24.8 Å². The number of amides is 2. The molecular weight excluding hydrogens is 245 g/mol. The molecular formula is C14H20FN3O. The third-order valence-corrected chi connectivity index (χ3v) is 3.25. The zero-order valence-electron chi connectivity index (χ0n) is 11.2. The molecule has 1 fully saturated rings. The molecule has 0 unspecified atom stereocenters. The van der Waals surface area contributed by atoms with Crippen molar-refractivity contribution in [1.82, 2.24) is 10.2 Å². The van der Waals surface area contributed by atoms with Crippen molar-refractivity contribution in [2.24, 2.45) is 0 Å². The molecule has 0 spiro atoms. The van der Waals surface area contributed by atoms with Crippen LogP contribution in [0.25, 0.3) is 0 Å². The molecule has 1 saturated heterocycles. The van der Waals surface area contributed by atoms with E-state index in [0.717, 1.165) is 32.5 Å². The molecule has 1 aliphatic heterocycles. The molecule has 19 heavy (non-hydrogen) atoms. The van der Waals surface area contributed by atoms with Crippen molar-refractivity contribution in [3.63, 3.8) is 0 Å². The Morgan fingerprint density at radius 3 is 2.84 bits per heavy atom. The van der Waals surface area contributed by atoms with Crippen LogP contribution < -0.4 is 10.6 Å². The summed E-state index contributed by atoms with van der Waals surface area (Å²) in [6.45, 7) is 5.18. The molecule has 0 saturated carbocycles. The van der Waals surface area contributed by atoms with Crippen molar-refractivity contribution < 1.29 is 9.18 Å². The maximum atomic E-state index is 12.7. The highest BCUT2D eigenvalue weighted by atomic mass is 19.1. The molecule has 0 radical (unpaired) electrons. The fraction of sp³-hybridized carbons (Fsp3) is 0.500. The van der Waals surface area contributed by atoms with Crippen LogP contribution in [0.15, 0.2) is 24.3 Å². The van der Waals surface area contributed by atoms with Gasteiger partial charge >= 0.3 is 6.03 Å². The Labute approximate surface area is 113 Å². The molecule has 0 bridgehead atoms. The number of nitrogens with one attached hydrogen (secondary N) is 2. The molecule has 1 heterocycles. The van der Waals surface area contributed by atoms with Gasteiger partial charge in [-0.15, -0.1) is 0 Å². The van der Waals surface area contributed by atoms with E-state index < -0.39 is 0 Å². The number of carbonyl (C=O) groups is 1. The molecule has 0 aliphatic carbocycles. The van der Waals surface area contributed by atoms with Gasteiger partial charge in [0.25, 0.3) is 0 Å². The van der Waals surface area contributed by atoms with E-state index >= 15 is 0 Å². The van der Waals surface area contributed by atoms with E-state index in [0.29, 0.717) is 5.69 Å². The fourth-order valence-corrected chi connectivity index (χ4v) is 2.36. The van der Waals surface area contributed by atoms with E-state index in [1.54, 1.807) is 12.1 Å². The number of urea groups is 1. The first-order valence-corrected chi connectivity index (χ1v) is 6.73. The number of halogens is 1. The van der Waals surface area contributed by atoms with Crippen LogP contribution in [0.1, 0.15) is 19.8 Å². The van der Waals surface area contributed by atoms with Crippen LogP contribution in [0.4, 0.5) is 14.9 Å². The van der Waals surface area contributed by atoms with Crippen molar-refractivity contribution >= 4 is 11.7 Å². The number of likely N-dealkylation sites (tertiary alicyclic amines) is 1. The molecule has 1 atom stereocenters. The van der Waals surface area contributed by atoms with Gasteiger partial charge in [-0.2, -0.15) is 0 Å². The Balaban J connectivity index is 1.77. The monoisotopic (exact) mass is 265 g/mol. The summed E-state index contributed by atoms with van der Waals surface area (Å²) in [5.41, 5.74) is 0.599. The normalized spacial score (nSPS) is 19.4. The molecule has 104 valence electrons. The highest BCUT2D eigenvalue weighted by Crippen LogP contribution is 2.11. The SMILES string of the molecule is CCCN1CC[C@H](NC(=O)Nc2ccc(F)cc2)C1. The molecule has 2 amide bonds. The number of nitrogens with zero attached hydrogens (tertiary/aromatic N) is 1. The number of rotatable bonds is 4. The first-order chi connectivity index (χ1) is 9.17. The quantitative estimate of drug-likeness (QED) is 0.878. The average Bonchev–Trinajstić information content (AvgIpc) is 2.80. The first-order valence-electron chi connectivity index (χ1n) is 6.73. The van der Waals surface area contributed by atoms with Gasteiger partial charge in [-0.05, 0) is 43.7 Å². The van der Waals surface area contributed by atoms with Gasteiger partial charge in [0.1, 0.15) is 5.82 Å². The van der Waals surface area contributed by atoms with Crippen molar-refractivity contribution in [3.8, 4) is 0 Å². The molecule has 2 N–H and O–H groups in total. The molecule has 5 heteroatoms. The molecule has 1 aromatic rings. The van der Waals surface area contributed by atoms with E-state index in [-0.39, 0.29) is 17.9 Å². The van der Waals surface area contributed by atoms with Crippen molar-refractivity contribution in [1.29, 1.82) is 0 Å². The van der Waals surface area contributed by atoms with Crippen molar-refractivity contribution in [2.75, 3.05) is 25.0 Å². The van der Waals surface area contributed by atoms with Crippen molar-refractivity contribution in [3.05, 3.63) is 30.1 Å². The topological polar surface area (TPSA) is 44.4 Å². The maximum Gasteiger partial charge on any atom is 0.319 e. The lowest BCUT2D eigenvalue weighted by Crippen LogP contribution is -2.39. The predicted octanol–water partition coefficient (Wildman–Crippen LogP) is 2.43. The van der Waals surface area contributed by atoms with Crippen LogP contribution in [0.2, 0.25) is 0 Å². The zero-order chi connectivity index (χ0) is 13.7. The Kier molecular flexibility index (Phi) is 4.74. The second-order valence-corrected chi connectivity index (χ2v) is 4.89. The summed E-state index contributed by atoms with van der Waals surface area (Å²) in [5.74, 6) is -0.308. The Hall–Kier alpha value is -1.62. The lowest BCUT2D eigenvalue weighted by molar-refractivity contribution is 0.247. The number of hydrogen-bond donors (Lipinski definition) is 2. The number of benzene rings is 1. The lowest BCUT2D eigenvalue weighted by atomic mass is 10.3. The van der Waals surface area contributed by atoms with Crippen LogP contribution in [0.3, 0.4) is 0 Å². The Morgan fingerprint density at radius 2 is 2.16 bits per heavy atom. The summed E-state index contributed by atoms with van der Waals surface area (Å²) in [6.07, 6.45) is 2.12. The summed E-state index contributed by atoms with van der Waals surface area (Å²) < 4.78 is 12.7. The minimum atomic E-state index is -0.308. The average molecular weight is 265 g/mol. The van der Waals surface area contributed by atoms with Gasteiger partial charge in [0.05, 0.1) is 0 Å². The lowest BCUT2D eigenvalue weighted by Gasteiger charge is -2.16. The van der Waals surface area contributed by atoms with Crippen LogP contribution >= 0.6 is 0 Å². The van der Waals surface area contributed by atoms with Gasteiger partial charge in [0.2, 0.25) is 0 Å². The van der Waals surface area contributed by atoms with Crippen molar-refractivity contribution in [2.45, 2.75) is 25.8 Å². The third-order valence-electron chi connectivity index (χ3n) is 3.25. The zero-order valence-corrected chi connectivity index (χ0v) is 11.2. The first kappa shape index (κ1) is 13.8. The van der Waals surface area contributed by atoms with Crippen LogP contribution in [0, 0.1) is 5.82 Å². The number of hydrogen-bond acceptors (Lipinski definition) is 2. The maximum absolute atomic E-state index is 12.7. The van der Waals surface area contributed by atoms with E-state index in [4.69, 9.17) is 0 Å². The Morgan fingerprint density at radius 1 is 1.42 bits per heavy atom. The van der Waals surface area contributed by atoms with Gasteiger partial charge < -0.3 is 15.5 Å². The minimum Gasteiger partial charge on any atom is -0.334 e. The summed E-state index contributed by atoms with van der Waals surface area (Å²) in [4.78, 5) is 14.1. The highest BCUT2D eigenvalue weighted by molar-refractivity contribution is 5.89. The fourth-order valence-electron chi connectivity index (χ4n) is 2.36. The summed E-state index contributed by atoms with van der Waals surface area (Å²) >= 11 is 0. The van der Waals surface area contributed by atoms with E-state index in [1.807, 2.05) is 0 Å². The molecule has 1 aromatic carbocycles. The second kappa shape index (κ2) is 6.52. The Bertz CT molecular complexity index is 421. The van der Waals surface area contributed by atoms with Gasteiger partial charge in [-0.1, -0.05) is 6.92 Å². The molecule has 4 nitrogen and oxygen atoms in total. The highest BCUT2D eigenvalue weighted by Gasteiger charge is 2.22. The van der Waals surface area contributed by atoms with Crippen LogP contribution in [-0.4, -0.2) is 36.6 Å². The molecule has 1 aliphatic rings. The second-order valence-electron chi connectivity index (χ2n) is 4.89. The predicted molar refractivity (Wildman–Crippen MR) is 73.7 cm³/mol. The van der Waals surface area contributed by atoms with Crippen LogP contribution in [-0.2, 0) is 0 Å². The smallest absolute Gasteiger partial charge is 0.319 e. The molecule has 2 rings (SSSR count). The van der Waals surface area contributed by atoms with Gasteiger partial charge in [0.15, 0.2) is 0 Å². The molecule has 0 aromatic heterocycles. The van der Waals surface area contributed by atoms with Crippen LogP contribution in [0.5, 0.6) is 0 Å². The van der Waals surface area contributed by atoms with Gasteiger partial charge in [-0.3, -0.25) is 0 Å². The van der Waals surface area contributed by atoms with E-state index in [2.05, 4.69) is 22.5 Å². The third kappa shape index (κ3) is 4.21. The van der Waals surface area contributed by atoms with E-state index in [9.17, 15) is 9.18 Å². The minimum absolute atomic E-state index is 0.201. The van der Waals surface area contributed by atoms with Gasteiger partial charge in [-0.25, -0.2) is 9.18 Å².